The minimum absolute atomic E-state index is 0.0524. The average molecular weight is 476 g/mol. The summed E-state index contributed by atoms with van der Waals surface area (Å²) in [6.45, 7) is 2.15. The van der Waals surface area contributed by atoms with E-state index in [0.29, 0.717) is 22.4 Å². The Balaban J connectivity index is 2.05. The van der Waals surface area contributed by atoms with Crippen molar-refractivity contribution in [2.45, 2.75) is 30.5 Å². The number of thiophene rings is 1. The molecule has 3 rings (SSSR count). The lowest BCUT2D eigenvalue weighted by Gasteiger charge is -2.18. The molecule has 0 radical (unpaired) electrons. The summed E-state index contributed by atoms with van der Waals surface area (Å²) in [6.07, 6.45) is -3.26. The van der Waals surface area contributed by atoms with Crippen LogP contribution < -0.4 is 0 Å². The fourth-order valence-electron chi connectivity index (χ4n) is 2.86. The van der Waals surface area contributed by atoms with Crippen LogP contribution in [0, 0.1) is 0 Å². The number of rotatable bonds is 8. The molecule has 0 saturated carbocycles. The van der Waals surface area contributed by atoms with E-state index in [-0.39, 0.29) is 30.2 Å². The highest BCUT2D eigenvalue weighted by Crippen LogP contribution is 2.37. The molecule has 0 amide bonds. The number of hydrogen-bond acceptors (Lipinski definition) is 5. The van der Waals surface area contributed by atoms with E-state index in [1.807, 2.05) is 0 Å². The third-order valence-corrected chi connectivity index (χ3v) is 7.57. The molecule has 1 fully saturated rings. The molecule has 1 aromatic carbocycles. The van der Waals surface area contributed by atoms with Gasteiger partial charge in [-0.2, -0.15) is 17.5 Å². The number of likely N-dealkylation sites (N-methyl/N-ethyl adjacent to an activating group) is 1. The Morgan fingerprint density at radius 2 is 2.00 bits per heavy atom. The Morgan fingerprint density at radius 1 is 1.32 bits per heavy atom. The molecule has 1 unspecified atom stereocenters. The Bertz CT molecular complexity index is 1120. The van der Waals surface area contributed by atoms with Crippen LogP contribution in [-0.2, 0) is 25.7 Å². The van der Waals surface area contributed by atoms with Crippen molar-refractivity contribution in [1.29, 1.82) is 0 Å². The van der Waals surface area contributed by atoms with E-state index in [0.717, 1.165) is 21.7 Å². The van der Waals surface area contributed by atoms with Crippen molar-refractivity contribution in [2.24, 2.45) is 0 Å². The summed E-state index contributed by atoms with van der Waals surface area (Å²) in [5.41, 5.74) is -0.836. The van der Waals surface area contributed by atoms with Crippen LogP contribution in [0.3, 0.4) is 0 Å². The lowest BCUT2D eigenvalue weighted by Crippen LogP contribution is -2.30. The predicted octanol–water partition coefficient (Wildman–Crippen LogP) is 4.33. The molecule has 1 atom stereocenters. The number of ether oxygens (including phenoxy) is 1. The maximum Gasteiger partial charge on any atom is 0.416 e. The third kappa shape index (κ3) is 5.53. The third-order valence-electron chi connectivity index (χ3n) is 4.69. The summed E-state index contributed by atoms with van der Waals surface area (Å²) in [6, 6.07) is 5.84. The van der Waals surface area contributed by atoms with E-state index >= 15 is 0 Å². The van der Waals surface area contributed by atoms with Gasteiger partial charge in [-0.1, -0.05) is 6.92 Å². The van der Waals surface area contributed by atoms with E-state index in [4.69, 9.17) is 9.84 Å². The van der Waals surface area contributed by atoms with Gasteiger partial charge in [-0.25, -0.2) is 13.2 Å². The summed E-state index contributed by atoms with van der Waals surface area (Å²) >= 11 is 1.08. The minimum atomic E-state index is -4.74. The summed E-state index contributed by atoms with van der Waals surface area (Å²) < 4.78 is 72.2. The summed E-state index contributed by atoms with van der Waals surface area (Å²) in [5.74, 6) is -1.08. The highest BCUT2D eigenvalue weighted by Gasteiger charge is 2.35. The quantitative estimate of drug-likeness (QED) is 0.454. The molecular formula is C20H20F3NO5S2. The molecule has 2 heterocycles. The van der Waals surface area contributed by atoms with Crippen molar-refractivity contribution >= 4 is 33.4 Å². The lowest BCUT2D eigenvalue weighted by molar-refractivity contribution is -0.137. The fraction of sp³-hybridized carbons (Fsp3) is 0.350. The first-order valence-electron chi connectivity index (χ1n) is 9.26. The molecule has 2 aromatic rings. The molecule has 0 aliphatic carbocycles. The van der Waals surface area contributed by atoms with Crippen molar-refractivity contribution < 1.29 is 36.2 Å². The van der Waals surface area contributed by atoms with E-state index in [1.165, 1.54) is 19.2 Å². The molecule has 11 heteroatoms. The zero-order valence-electron chi connectivity index (χ0n) is 16.6. The number of hydrogen-bond donors (Lipinski definition) is 1. The van der Waals surface area contributed by atoms with E-state index < -0.39 is 32.6 Å². The van der Waals surface area contributed by atoms with Crippen LogP contribution in [0.2, 0.25) is 0 Å². The monoisotopic (exact) mass is 475 g/mol. The molecule has 6 nitrogen and oxygen atoms in total. The first-order chi connectivity index (χ1) is 14.4. The first-order valence-corrected chi connectivity index (χ1v) is 11.5. The van der Waals surface area contributed by atoms with Crippen LogP contribution >= 0.6 is 11.3 Å². The van der Waals surface area contributed by atoms with Crippen LogP contribution in [0.4, 0.5) is 13.2 Å². The Labute approximate surface area is 181 Å². The summed E-state index contributed by atoms with van der Waals surface area (Å²) in [4.78, 5) is 11.7. The van der Waals surface area contributed by atoms with Gasteiger partial charge in [0.15, 0.2) is 0 Å². The number of carbonyl (C=O) groups is 1. The number of epoxide rings is 1. The highest BCUT2D eigenvalue weighted by molar-refractivity contribution is 7.89. The first kappa shape index (κ1) is 23.5. The number of aliphatic carboxylic acids is 1. The zero-order valence-corrected chi connectivity index (χ0v) is 18.3. The van der Waals surface area contributed by atoms with Gasteiger partial charge >= 0.3 is 12.1 Å². The Morgan fingerprint density at radius 3 is 2.55 bits per heavy atom. The second-order valence-electron chi connectivity index (χ2n) is 7.02. The average Bonchev–Trinajstić information content (AvgIpc) is 3.38. The second-order valence-corrected chi connectivity index (χ2v) is 10.2. The molecule has 168 valence electrons. The van der Waals surface area contributed by atoms with Gasteiger partial charge in [0, 0.05) is 28.9 Å². The smallest absolute Gasteiger partial charge is 0.416 e. The number of halogens is 3. The number of sulfonamides is 1. The van der Waals surface area contributed by atoms with Gasteiger partial charge in [-0.15, -0.1) is 11.3 Å². The summed E-state index contributed by atoms with van der Waals surface area (Å²) in [7, 11) is -2.87. The van der Waals surface area contributed by atoms with E-state index in [2.05, 4.69) is 0 Å². The Kier molecular flexibility index (Phi) is 6.61. The summed E-state index contributed by atoms with van der Waals surface area (Å²) in [5, 5.41) is 9.16. The molecular weight excluding hydrogens is 455 g/mol. The molecule has 1 saturated heterocycles. The predicted molar refractivity (Wildman–Crippen MR) is 110 cm³/mol. The van der Waals surface area contributed by atoms with Crippen molar-refractivity contribution in [2.75, 3.05) is 20.2 Å². The highest BCUT2D eigenvalue weighted by atomic mass is 32.2. The maximum absolute atomic E-state index is 13.5. The van der Waals surface area contributed by atoms with E-state index in [1.54, 1.807) is 19.1 Å². The second kappa shape index (κ2) is 8.73. The number of benzene rings is 1. The van der Waals surface area contributed by atoms with Gasteiger partial charge in [0.25, 0.3) is 0 Å². The zero-order chi connectivity index (χ0) is 23.0. The van der Waals surface area contributed by atoms with E-state index in [9.17, 15) is 26.4 Å². The standard InChI is InChI=1S/C20H20F3NO5S2/c1-3-12(19(25)26)7-16-4-5-18(30-16)13-6-14(20(21,22)23)9-17(8-13)31(27,28)24(2)10-15-11-29-15/h4-9,15H,3,10-11H2,1-2H3,(H,25,26). The number of nitrogens with zero attached hydrogens (tertiary/aromatic N) is 1. The normalized spacial score (nSPS) is 17.2. The largest absolute Gasteiger partial charge is 0.478 e. The van der Waals surface area contributed by atoms with Crippen molar-refractivity contribution in [3.8, 4) is 10.4 Å². The Hall–Kier alpha value is -2.21. The topological polar surface area (TPSA) is 87.2 Å². The number of carboxylic acids is 1. The van der Waals surface area contributed by atoms with Gasteiger partial charge in [0.05, 0.1) is 23.2 Å². The number of carboxylic acid groups (broad SMARTS) is 1. The van der Waals surface area contributed by atoms with Crippen LogP contribution in [0.25, 0.3) is 16.5 Å². The minimum Gasteiger partial charge on any atom is -0.478 e. The van der Waals surface area contributed by atoms with Gasteiger partial charge < -0.3 is 9.84 Å². The molecule has 0 spiro atoms. The molecule has 0 bridgehead atoms. The van der Waals surface area contributed by atoms with Gasteiger partial charge in [0.2, 0.25) is 10.0 Å². The lowest BCUT2D eigenvalue weighted by atomic mass is 10.1. The fourth-order valence-corrected chi connectivity index (χ4v) is 5.10. The van der Waals surface area contributed by atoms with Crippen LogP contribution in [0.1, 0.15) is 23.8 Å². The SMILES string of the molecule is CCC(=Cc1ccc(-c2cc(C(F)(F)F)cc(S(=O)(=O)N(C)CC3CO3)c2)s1)C(=O)O. The molecule has 1 aliphatic heterocycles. The molecule has 1 aromatic heterocycles. The molecule has 31 heavy (non-hydrogen) atoms. The van der Waals surface area contributed by atoms with Crippen LogP contribution in [-0.4, -0.2) is 50.1 Å². The van der Waals surface area contributed by atoms with Gasteiger partial charge in [-0.3, -0.25) is 0 Å². The molecule has 1 aliphatic rings. The van der Waals surface area contributed by atoms with Crippen LogP contribution in [0.5, 0.6) is 0 Å². The van der Waals surface area contributed by atoms with Gasteiger partial charge in [-0.05, 0) is 48.4 Å². The maximum atomic E-state index is 13.5. The van der Waals surface area contributed by atoms with Gasteiger partial charge in [0.1, 0.15) is 0 Å². The van der Waals surface area contributed by atoms with Crippen molar-refractivity contribution in [1.82, 2.24) is 4.31 Å². The number of alkyl halides is 3. The van der Waals surface area contributed by atoms with Crippen LogP contribution in [0.15, 0.2) is 40.8 Å². The van der Waals surface area contributed by atoms with Crippen molar-refractivity contribution in [3.05, 3.63) is 46.3 Å². The molecule has 1 N–H and O–H groups in total. The van der Waals surface area contributed by atoms with Crippen molar-refractivity contribution in [3.63, 3.8) is 0 Å².